The van der Waals surface area contributed by atoms with E-state index in [0.717, 1.165) is 11.0 Å². The zero-order valence-corrected chi connectivity index (χ0v) is 23.7. The Morgan fingerprint density at radius 3 is 1.63 bits per heavy atom. The van der Waals surface area contributed by atoms with E-state index in [-0.39, 0.29) is 6.15 Å². The lowest BCUT2D eigenvalue weighted by molar-refractivity contribution is -0.903. The highest BCUT2D eigenvalue weighted by Gasteiger charge is 2.14. The van der Waals surface area contributed by atoms with E-state index in [9.17, 15) is 9.46 Å². The highest BCUT2D eigenvalue weighted by atomic mass is 31.2. The first-order valence-corrected chi connectivity index (χ1v) is 14.8. The van der Waals surface area contributed by atoms with Crippen molar-refractivity contribution in [3.8, 4) is 0 Å². The number of aliphatic hydroxyl groups is 1. The lowest BCUT2D eigenvalue weighted by Gasteiger charge is -2.30. The molecular weight excluding hydrogens is 463 g/mol. The van der Waals surface area contributed by atoms with E-state index >= 15 is 0 Å². The van der Waals surface area contributed by atoms with Crippen LogP contribution in [0.25, 0.3) is 0 Å². The maximum absolute atomic E-state index is 9.64. The number of hydrogen-bond acceptors (Lipinski definition) is 5. The Labute approximate surface area is 215 Å². The Kier molecular flexibility index (Phi) is 24.5. The minimum Gasteiger partial charge on any atom is -0.756 e. The summed E-state index contributed by atoms with van der Waals surface area (Å²) in [6, 6.07) is 10.9. The van der Waals surface area contributed by atoms with Gasteiger partial charge in [-0.25, -0.2) is 0 Å². The van der Waals surface area contributed by atoms with Crippen molar-refractivity contribution in [3.05, 3.63) is 35.9 Å². The minimum atomic E-state index is -4.59. The van der Waals surface area contributed by atoms with Crippen LogP contribution in [-0.4, -0.2) is 48.3 Å². The Bertz CT molecular complexity index is 611. The van der Waals surface area contributed by atoms with E-state index in [0.29, 0.717) is 0 Å². The number of benzene rings is 1. The lowest BCUT2D eigenvalue weighted by Crippen LogP contribution is -2.39. The number of phosphoric acid groups is 1. The van der Waals surface area contributed by atoms with Gasteiger partial charge in [-0.15, -0.1) is 0 Å². The molecule has 208 valence electrons. The summed E-state index contributed by atoms with van der Waals surface area (Å²) in [5.74, 6) is 0. The van der Waals surface area contributed by atoms with Gasteiger partial charge in [-0.1, -0.05) is 114 Å². The van der Waals surface area contributed by atoms with E-state index in [1.165, 1.54) is 102 Å². The van der Waals surface area contributed by atoms with Gasteiger partial charge in [-0.05, 0) is 12.8 Å². The summed E-state index contributed by atoms with van der Waals surface area (Å²) in [5, 5.41) is 7.93. The van der Waals surface area contributed by atoms with Crippen LogP contribution in [0.1, 0.15) is 102 Å². The van der Waals surface area contributed by atoms with Crippen LogP contribution in [0, 0.1) is 0 Å². The third-order valence-corrected chi connectivity index (χ3v) is 6.43. The van der Waals surface area contributed by atoms with Gasteiger partial charge in [0.25, 0.3) is 7.82 Å². The van der Waals surface area contributed by atoms with Gasteiger partial charge >= 0.3 is 0 Å². The molecule has 0 aromatic heterocycles. The van der Waals surface area contributed by atoms with Gasteiger partial charge in [0.2, 0.25) is 0 Å². The van der Waals surface area contributed by atoms with Crippen LogP contribution in [0.5, 0.6) is 0 Å². The molecule has 0 aliphatic heterocycles. The molecule has 0 aliphatic carbocycles. The number of aliphatic hydroxyl groups excluding tert-OH is 1. The summed E-state index contributed by atoms with van der Waals surface area (Å²) in [6.07, 6.45) is 20.2. The van der Waals surface area contributed by atoms with E-state index in [2.05, 4.69) is 55.9 Å². The van der Waals surface area contributed by atoms with Crippen LogP contribution in [0.4, 0.5) is 0 Å². The first-order valence-electron chi connectivity index (χ1n) is 13.4. The van der Waals surface area contributed by atoms with Gasteiger partial charge < -0.3 is 30.1 Å². The number of hydrogen-bond donors (Lipinski definition) is 3. The lowest BCUT2D eigenvalue weighted by atomic mass is 10.0. The summed E-state index contributed by atoms with van der Waals surface area (Å²) in [6.45, 7) is 3.93. The normalized spacial score (nSPS) is 12.9. The molecule has 0 saturated carbocycles. The van der Waals surface area contributed by atoms with E-state index in [4.69, 9.17) is 10.00 Å². The number of unbranched alkanes of at least 4 members (excludes halogenated alkanes) is 13. The van der Waals surface area contributed by atoms with Gasteiger partial charge in [0.15, 0.2) is 0 Å². The van der Waals surface area contributed by atoms with E-state index in [1.807, 2.05) is 0 Å². The maximum Gasteiger partial charge on any atom is 0.265 e. The fourth-order valence-electron chi connectivity index (χ4n) is 4.05. The van der Waals surface area contributed by atoms with Crippen LogP contribution in [-0.2, 0) is 15.6 Å². The summed E-state index contributed by atoms with van der Waals surface area (Å²) < 4.78 is 14.4. The standard InChI is InChI=1S/C25H46N.C2H7O5P.H3N/c1-4-5-6-7-8-9-10-11-12-13-14-15-16-20-23-26(2,3)24-25-21-18-17-19-22-25;3-1-2-7-8(4,5)6;/h17-19,21-22H,4-16,20,23-24H2,1-3H3;3H,1-2H2,(H2,4,5,6);1H3/q+1;;/p-1. The Morgan fingerprint density at radius 2 is 1.26 bits per heavy atom. The van der Waals surface area contributed by atoms with Crippen LogP contribution in [0.2, 0.25) is 0 Å². The maximum atomic E-state index is 9.64. The third kappa shape index (κ3) is 27.6. The van der Waals surface area contributed by atoms with Crippen LogP contribution in [0.15, 0.2) is 30.3 Å². The average molecular weight is 519 g/mol. The summed E-state index contributed by atoms with van der Waals surface area (Å²) in [7, 11) is 0.148. The van der Waals surface area contributed by atoms with Gasteiger partial charge in [0.1, 0.15) is 6.54 Å². The number of nitrogens with zero attached hydrogens (tertiary/aromatic N) is 1. The van der Waals surface area contributed by atoms with Crippen molar-refractivity contribution in [1.82, 2.24) is 6.15 Å². The van der Waals surface area contributed by atoms with Crippen molar-refractivity contribution in [2.75, 3.05) is 33.9 Å². The molecule has 0 amide bonds. The predicted molar refractivity (Wildman–Crippen MR) is 145 cm³/mol. The largest absolute Gasteiger partial charge is 0.756 e. The quantitative estimate of drug-likeness (QED) is 0.105. The molecule has 0 saturated heterocycles. The van der Waals surface area contributed by atoms with Crippen molar-refractivity contribution >= 4 is 7.82 Å². The van der Waals surface area contributed by atoms with Crippen LogP contribution in [0.3, 0.4) is 0 Å². The van der Waals surface area contributed by atoms with Gasteiger partial charge in [0.05, 0.1) is 33.9 Å². The second-order valence-electron chi connectivity index (χ2n) is 9.92. The monoisotopic (exact) mass is 518 g/mol. The van der Waals surface area contributed by atoms with Crippen molar-refractivity contribution in [2.24, 2.45) is 0 Å². The van der Waals surface area contributed by atoms with Gasteiger partial charge in [0, 0.05) is 5.56 Å². The summed E-state index contributed by atoms with van der Waals surface area (Å²) >= 11 is 0. The molecule has 1 aromatic carbocycles. The Balaban J connectivity index is 0. The van der Waals surface area contributed by atoms with Crippen molar-refractivity contribution in [2.45, 2.75) is 103 Å². The second-order valence-corrected chi connectivity index (χ2v) is 11.1. The SMILES string of the molecule is CCCCCCCCCCCCCCCC[N+](C)(C)Cc1ccccc1.N.O=P([O-])(O)OCCO. The van der Waals surface area contributed by atoms with Crippen molar-refractivity contribution in [1.29, 1.82) is 0 Å². The van der Waals surface area contributed by atoms with E-state index in [1.54, 1.807) is 0 Å². The molecule has 35 heavy (non-hydrogen) atoms. The molecule has 0 aliphatic rings. The Hall–Kier alpha value is -0.790. The second kappa shape index (κ2) is 23.6. The summed E-state index contributed by atoms with van der Waals surface area (Å²) in [5.41, 5.74) is 1.46. The molecule has 1 atom stereocenters. The number of quaternary nitrogens is 1. The van der Waals surface area contributed by atoms with E-state index < -0.39 is 21.0 Å². The molecule has 5 N–H and O–H groups in total. The molecule has 7 nitrogen and oxygen atoms in total. The highest BCUT2D eigenvalue weighted by molar-refractivity contribution is 7.44. The van der Waals surface area contributed by atoms with Crippen LogP contribution >= 0.6 is 7.82 Å². The number of phosphoric ester groups is 1. The average Bonchev–Trinajstić information content (AvgIpc) is 2.78. The molecule has 1 aromatic rings. The van der Waals surface area contributed by atoms with Crippen LogP contribution < -0.4 is 11.0 Å². The van der Waals surface area contributed by atoms with Crippen molar-refractivity contribution in [3.63, 3.8) is 0 Å². The molecule has 1 unspecified atom stereocenters. The summed E-state index contributed by atoms with van der Waals surface area (Å²) in [4.78, 5) is 17.5. The topological polar surface area (TPSA) is 125 Å². The zero-order valence-electron chi connectivity index (χ0n) is 22.8. The Morgan fingerprint density at radius 1 is 0.829 bits per heavy atom. The number of rotatable bonds is 20. The van der Waals surface area contributed by atoms with Crippen molar-refractivity contribution < 1.29 is 28.5 Å². The molecular formula is C27H55N2O5P. The molecule has 0 bridgehead atoms. The molecule has 8 heteroatoms. The molecule has 0 spiro atoms. The minimum absolute atomic E-state index is 0. The molecule has 1 rings (SSSR count). The fraction of sp³-hybridized carbons (Fsp3) is 0.778. The first-order chi connectivity index (χ1) is 16.2. The zero-order chi connectivity index (χ0) is 25.5. The molecule has 0 radical (unpaired) electrons. The smallest absolute Gasteiger partial charge is 0.265 e. The predicted octanol–water partition coefficient (Wildman–Crippen LogP) is 6.36. The fourth-order valence-corrected chi connectivity index (χ4v) is 4.36. The van der Waals surface area contributed by atoms with Gasteiger partial charge in [-0.3, -0.25) is 4.57 Å². The van der Waals surface area contributed by atoms with Gasteiger partial charge in [-0.2, -0.15) is 0 Å². The third-order valence-electron chi connectivity index (χ3n) is 5.92. The highest BCUT2D eigenvalue weighted by Crippen LogP contribution is 2.29. The first kappa shape index (κ1) is 36.4. The molecule has 0 fully saturated rings. The molecule has 0 heterocycles.